The van der Waals surface area contributed by atoms with Crippen LogP contribution in [0.2, 0.25) is 0 Å². The molecule has 0 aliphatic heterocycles. The number of hydrogen-bond donors (Lipinski definition) is 1. The van der Waals surface area contributed by atoms with E-state index in [4.69, 9.17) is 0 Å². The van der Waals surface area contributed by atoms with Crippen LogP contribution in [0.3, 0.4) is 0 Å². The fourth-order valence-electron chi connectivity index (χ4n) is 2.62. The molecule has 102 valence electrons. The second kappa shape index (κ2) is 7.56. The number of nitrogens with one attached hydrogen (secondary N) is 1. The van der Waals surface area contributed by atoms with E-state index < -0.39 is 0 Å². The largest absolute Gasteiger partial charge is 0.309 e. The number of thiophene rings is 1. The zero-order valence-corrected chi connectivity index (χ0v) is 13.2. The van der Waals surface area contributed by atoms with Gasteiger partial charge in [-0.05, 0) is 49.7 Å². The Labute approximate surface area is 120 Å². The molecule has 0 spiro atoms. The smallest absolute Gasteiger partial charge is 0.0422 e. The minimum Gasteiger partial charge on any atom is -0.309 e. The van der Waals surface area contributed by atoms with Crippen molar-refractivity contribution in [3.05, 3.63) is 21.9 Å². The molecule has 1 unspecified atom stereocenters. The second-order valence-electron chi connectivity index (χ2n) is 5.18. The summed E-state index contributed by atoms with van der Waals surface area (Å²) in [5.74, 6) is 1.24. The monoisotopic (exact) mass is 283 g/mol. The maximum absolute atomic E-state index is 3.72. The summed E-state index contributed by atoms with van der Waals surface area (Å²) in [6.45, 7) is 5.63. The Hall–Kier alpha value is 0.01000. The first-order chi connectivity index (χ1) is 8.81. The Kier molecular flexibility index (Phi) is 6.06. The number of thioether (sulfide) groups is 1. The van der Waals surface area contributed by atoms with E-state index in [0.717, 1.165) is 11.8 Å². The zero-order valence-electron chi connectivity index (χ0n) is 11.6. The van der Waals surface area contributed by atoms with E-state index in [-0.39, 0.29) is 0 Å². The topological polar surface area (TPSA) is 12.0 Å². The highest BCUT2D eigenvalue weighted by atomic mass is 32.2. The minimum atomic E-state index is 0.557. The Morgan fingerprint density at radius 3 is 2.83 bits per heavy atom. The normalized spacial score (nSPS) is 18.3. The lowest BCUT2D eigenvalue weighted by Crippen LogP contribution is -2.25. The van der Waals surface area contributed by atoms with Crippen molar-refractivity contribution in [3.63, 3.8) is 0 Å². The van der Waals surface area contributed by atoms with Crippen molar-refractivity contribution in [1.29, 1.82) is 0 Å². The van der Waals surface area contributed by atoms with Gasteiger partial charge in [0.2, 0.25) is 0 Å². The Morgan fingerprint density at radius 1 is 1.44 bits per heavy atom. The minimum absolute atomic E-state index is 0.557. The molecule has 0 radical (unpaired) electrons. The first-order valence-electron chi connectivity index (χ1n) is 7.20. The number of rotatable bonds is 7. The molecule has 1 heterocycles. The lowest BCUT2D eigenvalue weighted by molar-refractivity contribution is 0.576. The molecule has 0 saturated heterocycles. The summed E-state index contributed by atoms with van der Waals surface area (Å²) in [6, 6.07) is 2.87. The molecular formula is C15H25NS2. The van der Waals surface area contributed by atoms with Crippen molar-refractivity contribution in [3.8, 4) is 0 Å². The van der Waals surface area contributed by atoms with Gasteiger partial charge in [-0.2, -0.15) is 11.8 Å². The zero-order chi connectivity index (χ0) is 12.8. The van der Waals surface area contributed by atoms with Gasteiger partial charge >= 0.3 is 0 Å². The summed E-state index contributed by atoms with van der Waals surface area (Å²) in [6.07, 6.45) is 6.99. The summed E-state index contributed by atoms with van der Waals surface area (Å²) >= 11 is 4.07. The molecule has 1 aliphatic rings. The van der Waals surface area contributed by atoms with E-state index in [0.29, 0.717) is 6.04 Å². The van der Waals surface area contributed by atoms with Gasteiger partial charge in [-0.25, -0.2) is 0 Å². The number of aryl methyl sites for hydroxylation is 1. The average molecular weight is 284 g/mol. The fraction of sp³-hybridized carbons (Fsp3) is 0.733. The molecular weight excluding hydrogens is 258 g/mol. The molecule has 1 nitrogen and oxygen atoms in total. The van der Waals surface area contributed by atoms with E-state index in [1.807, 2.05) is 11.3 Å². The summed E-state index contributed by atoms with van der Waals surface area (Å²) in [4.78, 5) is 1.48. The third-order valence-electron chi connectivity index (χ3n) is 3.72. The van der Waals surface area contributed by atoms with E-state index >= 15 is 0 Å². The first kappa shape index (κ1) is 14.4. The van der Waals surface area contributed by atoms with E-state index in [1.54, 1.807) is 0 Å². The van der Waals surface area contributed by atoms with Gasteiger partial charge in [0.25, 0.3) is 0 Å². The predicted octanol–water partition coefficient (Wildman–Crippen LogP) is 4.77. The van der Waals surface area contributed by atoms with Gasteiger partial charge in [0.05, 0.1) is 0 Å². The molecule has 18 heavy (non-hydrogen) atoms. The molecule has 1 atom stereocenters. The number of hydrogen-bond acceptors (Lipinski definition) is 3. The molecule has 0 bridgehead atoms. The second-order valence-corrected chi connectivity index (χ2v) is 7.63. The summed E-state index contributed by atoms with van der Waals surface area (Å²) in [5, 5.41) is 6.88. The van der Waals surface area contributed by atoms with Crippen LogP contribution >= 0.6 is 23.1 Å². The van der Waals surface area contributed by atoms with E-state index in [1.165, 1.54) is 48.3 Å². The lowest BCUT2D eigenvalue weighted by Gasteiger charge is -2.20. The van der Waals surface area contributed by atoms with Gasteiger partial charge in [-0.1, -0.05) is 19.8 Å². The fourth-order valence-corrected chi connectivity index (χ4v) is 4.81. The van der Waals surface area contributed by atoms with Crippen molar-refractivity contribution in [2.24, 2.45) is 0 Å². The SMILES string of the molecule is CCCNC(CSC1CCCC1)c1ccsc1C. The highest BCUT2D eigenvalue weighted by Gasteiger charge is 2.19. The molecule has 1 aliphatic carbocycles. The highest BCUT2D eigenvalue weighted by Crippen LogP contribution is 2.33. The van der Waals surface area contributed by atoms with Crippen LogP contribution < -0.4 is 5.32 Å². The van der Waals surface area contributed by atoms with Crippen LogP contribution in [0.15, 0.2) is 11.4 Å². The van der Waals surface area contributed by atoms with Gasteiger partial charge in [-0.3, -0.25) is 0 Å². The van der Waals surface area contributed by atoms with Crippen LogP contribution in [0.5, 0.6) is 0 Å². The third-order valence-corrected chi connectivity index (χ3v) is 6.05. The Balaban J connectivity index is 1.90. The standard InChI is InChI=1S/C15H25NS2/c1-3-9-16-15(14-8-10-17-12(14)2)11-18-13-6-4-5-7-13/h8,10,13,15-16H,3-7,9,11H2,1-2H3. The van der Waals surface area contributed by atoms with Crippen molar-refractivity contribution < 1.29 is 0 Å². The highest BCUT2D eigenvalue weighted by molar-refractivity contribution is 7.99. The summed E-state index contributed by atoms with van der Waals surface area (Å²) in [5.41, 5.74) is 1.53. The maximum atomic E-state index is 3.72. The predicted molar refractivity (Wildman–Crippen MR) is 84.8 cm³/mol. The van der Waals surface area contributed by atoms with Crippen molar-refractivity contribution in [2.45, 2.75) is 57.2 Å². The molecule has 1 saturated carbocycles. The summed E-state index contributed by atoms with van der Waals surface area (Å²) < 4.78 is 0. The van der Waals surface area contributed by atoms with E-state index in [9.17, 15) is 0 Å². The van der Waals surface area contributed by atoms with Crippen LogP contribution in [-0.2, 0) is 0 Å². The first-order valence-corrected chi connectivity index (χ1v) is 9.13. The molecule has 1 aromatic heterocycles. The van der Waals surface area contributed by atoms with Crippen LogP contribution in [0, 0.1) is 6.92 Å². The van der Waals surface area contributed by atoms with Gasteiger partial charge < -0.3 is 5.32 Å². The van der Waals surface area contributed by atoms with Crippen molar-refractivity contribution in [2.75, 3.05) is 12.3 Å². The van der Waals surface area contributed by atoms with Crippen LogP contribution in [0.1, 0.15) is 55.5 Å². The van der Waals surface area contributed by atoms with Gasteiger partial charge in [0.1, 0.15) is 0 Å². The summed E-state index contributed by atoms with van der Waals surface area (Å²) in [7, 11) is 0. The van der Waals surface area contributed by atoms with Gasteiger partial charge in [-0.15, -0.1) is 11.3 Å². The average Bonchev–Trinajstić information content (AvgIpc) is 3.01. The van der Waals surface area contributed by atoms with Crippen LogP contribution in [0.4, 0.5) is 0 Å². The van der Waals surface area contributed by atoms with E-state index in [2.05, 4.69) is 42.4 Å². The van der Waals surface area contributed by atoms with Gasteiger partial charge in [0, 0.05) is 21.9 Å². The van der Waals surface area contributed by atoms with Gasteiger partial charge in [0.15, 0.2) is 0 Å². The Morgan fingerprint density at radius 2 is 2.22 bits per heavy atom. The van der Waals surface area contributed by atoms with Crippen LogP contribution in [0.25, 0.3) is 0 Å². The molecule has 1 fully saturated rings. The lowest BCUT2D eigenvalue weighted by atomic mass is 10.1. The third kappa shape index (κ3) is 4.01. The molecule has 1 aromatic rings. The molecule has 1 N–H and O–H groups in total. The van der Waals surface area contributed by atoms with Crippen LogP contribution in [-0.4, -0.2) is 17.5 Å². The Bertz CT molecular complexity index is 342. The molecule has 3 heteroatoms. The van der Waals surface area contributed by atoms with Crippen molar-refractivity contribution >= 4 is 23.1 Å². The molecule has 2 rings (SSSR count). The molecule has 0 amide bonds. The van der Waals surface area contributed by atoms with Crippen molar-refractivity contribution in [1.82, 2.24) is 5.32 Å². The maximum Gasteiger partial charge on any atom is 0.0422 e. The molecule has 0 aromatic carbocycles. The quantitative estimate of drug-likeness (QED) is 0.773.